The molecule has 0 aliphatic carbocycles. The Balaban J connectivity index is 1.35. The molecule has 0 spiro atoms. The summed E-state index contributed by atoms with van der Waals surface area (Å²) in [6.07, 6.45) is 7.47. The number of rotatable bonds is 13. The van der Waals surface area contributed by atoms with Crippen LogP contribution >= 0.6 is 0 Å². The van der Waals surface area contributed by atoms with Crippen molar-refractivity contribution in [1.82, 2.24) is 15.3 Å². The molecule has 3 aliphatic heterocycles. The highest BCUT2D eigenvalue weighted by atomic mass is 16.6. The molecule has 3 rings (SSSR count). The smallest absolute Gasteiger partial charge is 0.331 e. The highest BCUT2D eigenvalue weighted by Crippen LogP contribution is 2.18. The van der Waals surface area contributed by atoms with Crippen molar-refractivity contribution in [2.24, 2.45) is 0 Å². The van der Waals surface area contributed by atoms with E-state index in [1.165, 1.54) is 0 Å². The molecule has 3 saturated heterocycles. The van der Waals surface area contributed by atoms with Crippen LogP contribution in [0, 0.1) is 0 Å². The van der Waals surface area contributed by atoms with Crippen molar-refractivity contribution in [2.75, 3.05) is 46.5 Å². The van der Waals surface area contributed by atoms with Crippen LogP contribution in [-0.4, -0.2) is 80.9 Å². The lowest BCUT2D eigenvalue weighted by Crippen LogP contribution is -2.50. The number of hydrazine groups is 1. The van der Waals surface area contributed by atoms with Crippen LogP contribution in [0.15, 0.2) is 0 Å². The third-order valence-electron chi connectivity index (χ3n) is 4.74. The molecule has 3 atom stereocenters. The maximum absolute atomic E-state index is 12.5. The monoisotopic (exact) mass is 341 g/mol. The van der Waals surface area contributed by atoms with E-state index in [1.807, 2.05) is 12.1 Å². The van der Waals surface area contributed by atoms with Gasteiger partial charge >= 0.3 is 6.03 Å². The first-order chi connectivity index (χ1) is 11.7. The number of epoxide rings is 3. The number of nitrogens with one attached hydrogen (secondary N) is 1. The van der Waals surface area contributed by atoms with Gasteiger partial charge in [-0.25, -0.2) is 9.80 Å². The molecule has 0 aromatic rings. The van der Waals surface area contributed by atoms with Gasteiger partial charge in [-0.1, -0.05) is 0 Å². The first-order valence-electron chi connectivity index (χ1n) is 9.33. The second-order valence-corrected chi connectivity index (χ2v) is 7.03. The molecule has 3 fully saturated rings. The lowest BCUT2D eigenvalue weighted by Gasteiger charge is -2.32. The van der Waals surface area contributed by atoms with E-state index in [9.17, 15) is 4.79 Å². The number of hydrogen-bond donors (Lipinski definition) is 1. The van der Waals surface area contributed by atoms with Crippen LogP contribution in [0.4, 0.5) is 4.79 Å². The van der Waals surface area contributed by atoms with Gasteiger partial charge in [0.05, 0.1) is 38.1 Å². The van der Waals surface area contributed by atoms with E-state index in [1.54, 1.807) is 0 Å². The van der Waals surface area contributed by atoms with Gasteiger partial charge in [-0.05, 0) is 38.5 Å². The minimum atomic E-state index is 0.00797. The highest BCUT2D eigenvalue weighted by Gasteiger charge is 2.25. The van der Waals surface area contributed by atoms with Crippen LogP contribution < -0.4 is 5.32 Å². The molecule has 3 heterocycles. The summed E-state index contributed by atoms with van der Waals surface area (Å²) in [5.41, 5.74) is 0. The topological polar surface area (TPSA) is 73.2 Å². The number of nitrogens with zero attached hydrogens (tertiary/aromatic N) is 2. The molecule has 24 heavy (non-hydrogen) atoms. The lowest BCUT2D eigenvalue weighted by atomic mass is 10.2. The fourth-order valence-corrected chi connectivity index (χ4v) is 2.88. The van der Waals surface area contributed by atoms with E-state index in [2.05, 4.69) is 10.3 Å². The van der Waals surface area contributed by atoms with Crippen molar-refractivity contribution in [3.8, 4) is 0 Å². The van der Waals surface area contributed by atoms with E-state index < -0.39 is 0 Å². The van der Waals surface area contributed by atoms with Gasteiger partial charge in [0, 0.05) is 26.7 Å². The van der Waals surface area contributed by atoms with E-state index in [4.69, 9.17) is 14.2 Å². The Morgan fingerprint density at radius 1 is 0.917 bits per heavy atom. The number of ether oxygens (including phenoxy) is 3. The van der Waals surface area contributed by atoms with Crippen molar-refractivity contribution < 1.29 is 19.0 Å². The summed E-state index contributed by atoms with van der Waals surface area (Å²) in [6, 6.07) is 0.00797. The molecule has 7 heteroatoms. The Hall–Kier alpha value is -0.890. The zero-order valence-corrected chi connectivity index (χ0v) is 14.7. The van der Waals surface area contributed by atoms with Crippen LogP contribution in [-0.2, 0) is 14.2 Å². The van der Waals surface area contributed by atoms with Crippen LogP contribution in [0.1, 0.15) is 38.5 Å². The first kappa shape index (κ1) is 17.9. The first-order valence-corrected chi connectivity index (χ1v) is 9.33. The largest absolute Gasteiger partial charge is 0.373 e. The Labute approximate surface area is 144 Å². The SMILES string of the molecule is CN(CCCC1CO1)N(CCCC1CO1)C(=O)NCCCC1CO1. The second-order valence-electron chi connectivity index (χ2n) is 7.03. The van der Waals surface area contributed by atoms with Gasteiger partial charge in [0.25, 0.3) is 0 Å². The van der Waals surface area contributed by atoms with Crippen LogP contribution in [0.3, 0.4) is 0 Å². The van der Waals surface area contributed by atoms with Crippen LogP contribution in [0.25, 0.3) is 0 Å². The molecule has 7 nitrogen and oxygen atoms in total. The van der Waals surface area contributed by atoms with Gasteiger partial charge < -0.3 is 19.5 Å². The fourth-order valence-electron chi connectivity index (χ4n) is 2.88. The Kier molecular flexibility index (Phi) is 6.71. The molecule has 2 amide bonds. The predicted octanol–water partition coefficient (Wildman–Crippen LogP) is 1.38. The molecule has 138 valence electrons. The number of carbonyl (C=O) groups is 1. The van der Waals surface area contributed by atoms with Crippen molar-refractivity contribution in [2.45, 2.75) is 56.8 Å². The molecule has 0 aromatic heterocycles. The third-order valence-corrected chi connectivity index (χ3v) is 4.74. The number of urea groups is 1. The molecule has 1 N–H and O–H groups in total. The molecular formula is C17H31N3O4. The summed E-state index contributed by atoms with van der Waals surface area (Å²) in [5.74, 6) is 0. The number of amides is 2. The van der Waals surface area contributed by atoms with Gasteiger partial charge in [-0.15, -0.1) is 0 Å². The molecular weight excluding hydrogens is 310 g/mol. The van der Waals surface area contributed by atoms with Gasteiger partial charge in [0.15, 0.2) is 0 Å². The lowest BCUT2D eigenvalue weighted by molar-refractivity contribution is 0.0345. The van der Waals surface area contributed by atoms with E-state index >= 15 is 0 Å². The summed E-state index contributed by atoms with van der Waals surface area (Å²) in [4.78, 5) is 12.5. The maximum atomic E-state index is 12.5. The van der Waals surface area contributed by atoms with E-state index in [-0.39, 0.29) is 6.03 Å². The molecule has 3 aliphatic rings. The summed E-state index contributed by atoms with van der Waals surface area (Å²) in [7, 11) is 2.00. The van der Waals surface area contributed by atoms with Crippen molar-refractivity contribution in [3.63, 3.8) is 0 Å². The van der Waals surface area contributed by atoms with E-state index in [0.29, 0.717) is 24.9 Å². The van der Waals surface area contributed by atoms with Crippen LogP contribution in [0.2, 0.25) is 0 Å². The summed E-state index contributed by atoms with van der Waals surface area (Å²) in [6.45, 7) is 5.01. The second kappa shape index (κ2) is 8.99. The van der Waals surface area contributed by atoms with Gasteiger partial charge in [0.2, 0.25) is 0 Å². The molecule has 0 radical (unpaired) electrons. The number of carbonyl (C=O) groups excluding carboxylic acids is 1. The van der Waals surface area contributed by atoms with Gasteiger partial charge in [-0.3, -0.25) is 5.01 Å². The average molecular weight is 341 g/mol. The zero-order chi connectivity index (χ0) is 16.8. The fraction of sp³-hybridized carbons (Fsp3) is 0.941. The highest BCUT2D eigenvalue weighted by molar-refractivity contribution is 5.73. The van der Waals surface area contributed by atoms with Crippen molar-refractivity contribution in [3.05, 3.63) is 0 Å². The normalized spacial score (nSPS) is 27.2. The molecule has 0 aromatic carbocycles. The quantitative estimate of drug-likeness (QED) is 0.311. The van der Waals surface area contributed by atoms with Crippen LogP contribution in [0.5, 0.6) is 0 Å². The Bertz CT molecular complexity index is 397. The molecule has 0 bridgehead atoms. The van der Waals surface area contributed by atoms with Gasteiger partial charge in [-0.2, -0.15) is 0 Å². The standard InChI is InChI=1S/C17H31N3O4/c1-19(9-3-6-15-12-23-15)20(10-4-7-16-13-24-16)17(21)18-8-2-5-14-11-22-14/h14-16H,2-13H2,1H3,(H,18,21). The maximum Gasteiger partial charge on any atom is 0.331 e. The van der Waals surface area contributed by atoms with Crippen molar-refractivity contribution in [1.29, 1.82) is 0 Å². The number of hydrogen-bond acceptors (Lipinski definition) is 5. The molecule has 3 unspecified atom stereocenters. The van der Waals surface area contributed by atoms with Crippen molar-refractivity contribution >= 4 is 6.03 Å². The van der Waals surface area contributed by atoms with E-state index in [0.717, 1.165) is 71.4 Å². The summed E-state index contributed by atoms with van der Waals surface area (Å²) < 4.78 is 15.7. The summed E-state index contributed by atoms with van der Waals surface area (Å²) in [5, 5.41) is 6.95. The van der Waals surface area contributed by atoms with Gasteiger partial charge in [0.1, 0.15) is 0 Å². The third kappa shape index (κ3) is 6.93. The Morgan fingerprint density at radius 2 is 1.42 bits per heavy atom. The average Bonchev–Trinajstić information content (AvgIpc) is 3.41. The minimum Gasteiger partial charge on any atom is -0.373 e. The minimum absolute atomic E-state index is 0.00797. The predicted molar refractivity (Wildman–Crippen MR) is 89.7 cm³/mol. The zero-order valence-electron chi connectivity index (χ0n) is 14.7. The summed E-state index contributed by atoms with van der Waals surface area (Å²) >= 11 is 0. The Morgan fingerprint density at radius 3 is 1.96 bits per heavy atom. The molecule has 0 saturated carbocycles.